The summed E-state index contributed by atoms with van der Waals surface area (Å²) < 4.78 is 29.5. The van der Waals surface area contributed by atoms with E-state index in [-0.39, 0.29) is 5.82 Å². The standard InChI is InChI=1S/C28H29F2N7O/c1-3-18(15-23(31-2)35-27(38)28(29,30)20-7-5-4-6-8-20)25-34-22-17-33-16-21(19-9-10-19)24(22)26(36-25)37-13-11-32-12-14-37/h3-8,15-17,19,32H,2,9-14H2,1H3,(H,35,38)/b18-3+,23-15+. The molecule has 2 aromatic heterocycles. The van der Waals surface area contributed by atoms with E-state index < -0.39 is 17.4 Å². The molecule has 0 bridgehead atoms. The molecule has 1 aliphatic carbocycles. The lowest BCUT2D eigenvalue weighted by Crippen LogP contribution is -2.44. The highest BCUT2D eigenvalue weighted by Crippen LogP contribution is 2.44. The van der Waals surface area contributed by atoms with Gasteiger partial charge < -0.3 is 15.5 Å². The van der Waals surface area contributed by atoms with Gasteiger partial charge in [-0.15, -0.1) is 0 Å². The van der Waals surface area contributed by atoms with Gasteiger partial charge in [0, 0.05) is 48.9 Å². The van der Waals surface area contributed by atoms with E-state index in [1.807, 2.05) is 6.20 Å². The summed E-state index contributed by atoms with van der Waals surface area (Å²) >= 11 is 0. The minimum absolute atomic E-state index is 0.129. The van der Waals surface area contributed by atoms with Crippen molar-refractivity contribution in [2.45, 2.75) is 31.6 Å². The number of fused-ring (bicyclic) bond motifs is 1. The van der Waals surface area contributed by atoms with Gasteiger partial charge in [0.1, 0.15) is 11.6 Å². The van der Waals surface area contributed by atoms with Crippen LogP contribution in [0.25, 0.3) is 16.5 Å². The van der Waals surface area contributed by atoms with Gasteiger partial charge in [-0.3, -0.25) is 9.78 Å². The predicted molar refractivity (Wildman–Crippen MR) is 144 cm³/mol. The predicted octanol–water partition coefficient (Wildman–Crippen LogP) is 4.17. The molecule has 1 saturated carbocycles. The van der Waals surface area contributed by atoms with Crippen LogP contribution in [0.2, 0.25) is 0 Å². The van der Waals surface area contributed by atoms with E-state index in [4.69, 9.17) is 9.97 Å². The summed E-state index contributed by atoms with van der Waals surface area (Å²) in [5, 5.41) is 6.58. The topological polar surface area (TPSA) is 95.4 Å². The fraction of sp³-hybridized carbons (Fsp3) is 0.321. The highest BCUT2D eigenvalue weighted by molar-refractivity contribution is 5.94. The van der Waals surface area contributed by atoms with Gasteiger partial charge in [-0.2, -0.15) is 8.78 Å². The van der Waals surface area contributed by atoms with Crippen LogP contribution in [-0.4, -0.2) is 53.8 Å². The molecular weight excluding hydrogens is 488 g/mol. The average molecular weight is 518 g/mol. The summed E-state index contributed by atoms with van der Waals surface area (Å²) in [6, 6.07) is 6.91. The lowest BCUT2D eigenvalue weighted by Gasteiger charge is -2.30. The molecule has 8 nitrogen and oxygen atoms in total. The van der Waals surface area contributed by atoms with Crippen molar-refractivity contribution in [1.29, 1.82) is 0 Å². The van der Waals surface area contributed by atoms with Crippen LogP contribution >= 0.6 is 0 Å². The Hall–Kier alpha value is -4.05. The fourth-order valence-electron chi connectivity index (χ4n) is 4.55. The molecule has 2 fully saturated rings. The van der Waals surface area contributed by atoms with Crippen molar-refractivity contribution in [1.82, 2.24) is 25.6 Å². The zero-order chi connectivity index (χ0) is 26.7. The van der Waals surface area contributed by atoms with E-state index >= 15 is 0 Å². The molecule has 1 aliphatic heterocycles. The van der Waals surface area contributed by atoms with Crippen molar-refractivity contribution in [2.75, 3.05) is 31.1 Å². The number of nitrogens with zero attached hydrogens (tertiary/aromatic N) is 5. The highest BCUT2D eigenvalue weighted by atomic mass is 19.3. The number of piperazine rings is 1. The smallest absolute Gasteiger partial charge is 0.350 e. The second-order valence-electron chi connectivity index (χ2n) is 9.33. The number of halogens is 2. The van der Waals surface area contributed by atoms with Gasteiger partial charge in [0.15, 0.2) is 5.82 Å². The monoisotopic (exact) mass is 517 g/mol. The van der Waals surface area contributed by atoms with E-state index in [0.29, 0.717) is 22.8 Å². The number of pyridine rings is 1. The molecule has 2 N–H and O–H groups in total. The quantitative estimate of drug-likeness (QED) is 0.344. The van der Waals surface area contributed by atoms with E-state index in [0.717, 1.165) is 55.8 Å². The van der Waals surface area contributed by atoms with Crippen LogP contribution in [0, 0.1) is 0 Å². The summed E-state index contributed by atoms with van der Waals surface area (Å²) in [7, 11) is 0. The van der Waals surface area contributed by atoms with Gasteiger partial charge >= 0.3 is 11.8 Å². The Balaban J connectivity index is 1.51. The Bertz CT molecular complexity index is 1410. The number of aliphatic imine (C=N–C) groups is 1. The van der Waals surface area contributed by atoms with Gasteiger partial charge in [0.2, 0.25) is 0 Å². The molecule has 196 valence electrons. The molecular formula is C28H29F2N7O. The molecule has 0 unspecified atom stereocenters. The van der Waals surface area contributed by atoms with Crippen molar-refractivity contribution in [2.24, 2.45) is 4.99 Å². The van der Waals surface area contributed by atoms with Crippen LogP contribution in [0.3, 0.4) is 0 Å². The minimum Gasteiger partial charge on any atom is -0.353 e. The second kappa shape index (κ2) is 10.7. The third-order valence-electron chi connectivity index (χ3n) is 6.75. The summed E-state index contributed by atoms with van der Waals surface area (Å²) in [6.45, 7) is 8.51. The number of carbonyl (C=O) groups excluding carboxylic acids is 1. The summed E-state index contributed by atoms with van der Waals surface area (Å²) in [6.07, 6.45) is 9.07. The van der Waals surface area contributed by atoms with Crippen molar-refractivity contribution in [3.05, 3.63) is 77.6 Å². The molecule has 3 aromatic rings. The van der Waals surface area contributed by atoms with Gasteiger partial charge in [0.05, 0.1) is 11.7 Å². The maximum atomic E-state index is 14.8. The van der Waals surface area contributed by atoms with Crippen LogP contribution < -0.4 is 15.5 Å². The van der Waals surface area contributed by atoms with Gasteiger partial charge in [-0.1, -0.05) is 36.4 Å². The fourth-order valence-corrected chi connectivity index (χ4v) is 4.55. The lowest BCUT2D eigenvalue weighted by molar-refractivity contribution is -0.146. The molecule has 2 aliphatic rings. The first-order chi connectivity index (χ1) is 18.4. The summed E-state index contributed by atoms with van der Waals surface area (Å²) in [4.78, 5) is 32.7. The molecule has 38 heavy (non-hydrogen) atoms. The number of hydrogen-bond donors (Lipinski definition) is 2. The summed E-state index contributed by atoms with van der Waals surface area (Å²) in [5.74, 6) is -3.71. The van der Waals surface area contributed by atoms with Crippen LogP contribution in [-0.2, 0) is 10.7 Å². The van der Waals surface area contributed by atoms with Crippen molar-refractivity contribution < 1.29 is 13.6 Å². The van der Waals surface area contributed by atoms with Crippen LogP contribution in [0.1, 0.15) is 42.6 Å². The van der Waals surface area contributed by atoms with Crippen LogP contribution in [0.5, 0.6) is 0 Å². The van der Waals surface area contributed by atoms with Crippen molar-refractivity contribution in [3.8, 4) is 0 Å². The zero-order valence-corrected chi connectivity index (χ0v) is 21.1. The molecule has 0 atom stereocenters. The Labute approximate surface area is 219 Å². The van der Waals surface area contributed by atoms with E-state index in [1.54, 1.807) is 25.3 Å². The number of allylic oxidation sites excluding steroid dienone is 3. The maximum absolute atomic E-state index is 14.8. The number of carbonyl (C=O) groups is 1. The number of hydrogen-bond acceptors (Lipinski definition) is 7. The molecule has 5 rings (SSSR count). The number of alkyl halides is 2. The molecule has 3 heterocycles. The number of rotatable bonds is 8. The SMILES string of the molecule is C=N/C(=C\C(=C/C)c1nc(N2CCNCC2)c2c(C3CC3)cncc2n1)NC(=O)C(F)(F)c1ccccc1. The first kappa shape index (κ1) is 25.6. The Morgan fingerprint density at radius 2 is 1.92 bits per heavy atom. The van der Waals surface area contributed by atoms with Gasteiger partial charge in [0.25, 0.3) is 0 Å². The molecule has 1 aromatic carbocycles. The largest absolute Gasteiger partial charge is 0.353 e. The number of anilines is 1. The molecule has 10 heteroatoms. The summed E-state index contributed by atoms with van der Waals surface area (Å²) in [5.41, 5.74) is 1.97. The van der Waals surface area contributed by atoms with E-state index in [2.05, 4.69) is 32.2 Å². The highest BCUT2D eigenvalue weighted by Gasteiger charge is 2.41. The van der Waals surface area contributed by atoms with Gasteiger partial charge in [-0.25, -0.2) is 15.0 Å². The third kappa shape index (κ3) is 5.17. The molecule has 1 amide bonds. The van der Waals surface area contributed by atoms with Crippen molar-refractivity contribution in [3.63, 3.8) is 0 Å². The zero-order valence-electron chi connectivity index (χ0n) is 21.1. The number of nitrogens with one attached hydrogen (secondary N) is 2. The Morgan fingerprint density at radius 3 is 2.58 bits per heavy atom. The Kier molecular flexibility index (Phi) is 7.24. The average Bonchev–Trinajstić information content (AvgIpc) is 3.80. The molecule has 1 saturated heterocycles. The number of aromatic nitrogens is 3. The first-order valence-corrected chi connectivity index (χ1v) is 12.6. The molecule has 0 radical (unpaired) electrons. The minimum atomic E-state index is -3.75. The van der Waals surface area contributed by atoms with Crippen LogP contribution in [0.4, 0.5) is 14.6 Å². The number of benzene rings is 1. The van der Waals surface area contributed by atoms with E-state index in [9.17, 15) is 13.6 Å². The maximum Gasteiger partial charge on any atom is 0.350 e. The second-order valence-corrected chi connectivity index (χ2v) is 9.33. The number of amides is 1. The van der Waals surface area contributed by atoms with E-state index in [1.165, 1.54) is 30.3 Å². The van der Waals surface area contributed by atoms with Crippen molar-refractivity contribution >= 4 is 34.9 Å². The Morgan fingerprint density at radius 1 is 1.18 bits per heavy atom. The van der Waals surface area contributed by atoms with Gasteiger partial charge in [-0.05, 0) is 44.0 Å². The first-order valence-electron chi connectivity index (χ1n) is 12.6. The third-order valence-corrected chi connectivity index (χ3v) is 6.75. The lowest BCUT2D eigenvalue weighted by atomic mass is 10.1. The molecule has 0 spiro atoms. The normalized spacial score (nSPS) is 17.0. The van der Waals surface area contributed by atoms with Crippen LogP contribution in [0.15, 0.2) is 65.7 Å².